The monoisotopic (exact) mass is 499 g/mol. The number of para-hydroxylation sites is 1. The summed E-state index contributed by atoms with van der Waals surface area (Å²) in [4.78, 5) is 53.9. The lowest BCUT2D eigenvalue weighted by Gasteiger charge is -2.31. The fraction of sp³-hybridized carbons (Fsp3) is 0.520. The van der Waals surface area contributed by atoms with Crippen LogP contribution in [0.3, 0.4) is 0 Å². The number of aromatic amines is 1. The van der Waals surface area contributed by atoms with Gasteiger partial charge >= 0.3 is 0 Å². The van der Waals surface area contributed by atoms with E-state index >= 15 is 0 Å². The molecular weight excluding hydrogens is 470 g/mol. The van der Waals surface area contributed by atoms with Crippen molar-refractivity contribution in [2.24, 2.45) is 17.6 Å². The first-order chi connectivity index (χ1) is 16.7. The van der Waals surface area contributed by atoms with Crippen LogP contribution in [0.4, 0.5) is 0 Å². The fourth-order valence-corrected chi connectivity index (χ4v) is 5.19. The van der Waals surface area contributed by atoms with Crippen LogP contribution in [0.15, 0.2) is 24.3 Å². The predicted octanol–water partition coefficient (Wildman–Crippen LogP) is 2.14. The standard InChI is InChI=1S/C25H30ClN5O4/c26-16-3-1-2-14-11-19(28-20(14)16)24(35)30-18(10-13-4-5-13)23(34)29-17(21(27)32)12-15-6-7-25(8-9-25)31-22(15)33/h1-3,11,13,15,17-18,28H,4-10,12H2,(H2,27,32)(H,29,34)(H,30,35)(H,31,33). The molecule has 3 unspecified atom stereocenters. The molecule has 3 fully saturated rings. The van der Waals surface area contributed by atoms with Gasteiger partial charge in [0.15, 0.2) is 0 Å². The first-order valence-corrected chi connectivity index (χ1v) is 12.6. The summed E-state index contributed by atoms with van der Waals surface area (Å²) in [5.41, 5.74) is 6.48. The zero-order valence-corrected chi connectivity index (χ0v) is 20.1. The van der Waals surface area contributed by atoms with Gasteiger partial charge in [0.05, 0.1) is 10.5 Å². The van der Waals surface area contributed by atoms with Crippen molar-refractivity contribution >= 4 is 46.1 Å². The van der Waals surface area contributed by atoms with E-state index in [2.05, 4.69) is 20.9 Å². The van der Waals surface area contributed by atoms with Gasteiger partial charge in [-0.3, -0.25) is 19.2 Å². The molecule has 3 atom stereocenters. The number of amides is 4. The van der Waals surface area contributed by atoms with Crippen molar-refractivity contribution in [3.63, 3.8) is 0 Å². The summed E-state index contributed by atoms with van der Waals surface area (Å²) in [5, 5.41) is 9.86. The molecule has 1 aromatic heterocycles. The summed E-state index contributed by atoms with van der Waals surface area (Å²) >= 11 is 6.21. The number of primary amides is 1. The lowest BCUT2D eigenvalue weighted by atomic mass is 9.87. The summed E-state index contributed by atoms with van der Waals surface area (Å²) in [5.74, 6) is -1.73. The van der Waals surface area contributed by atoms with Crippen molar-refractivity contribution in [3.05, 3.63) is 35.0 Å². The highest BCUT2D eigenvalue weighted by molar-refractivity contribution is 6.35. The molecule has 186 valence electrons. The number of fused-ring (bicyclic) bond motifs is 1. The zero-order valence-electron chi connectivity index (χ0n) is 19.4. The average molecular weight is 500 g/mol. The summed E-state index contributed by atoms with van der Waals surface area (Å²) < 4.78 is 0. The quantitative estimate of drug-likeness (QED) is 0.359. The van der Waals surface area contributed by atoms with Crippen molar-refractivity contribution in [2.75, 3.05) is 0 Å². The van der Waals surface area contributed by atoms with Crippen LogP contribution in [0.2, 0.25) is 5.02 Å². The minimum absolute atomic E-state index is 0.0501. The van der Waals surface area contributed by atoms with Crippen LogP contribution in [-0.2, 0) is 14.4 Å². The largest absolute Gasteiger partial charge is 0.368 e. The Morgan fingerprint density at radius 1 is 1.09 bits per heavy atom. The van der Waals surface area contributed by atoms with E-state index in [9.17, 15) is 19.2 Å². The molecule has 1 saturated heterocycles. The van der Waals surface area contributed by atoms with E-state index in [4.69, 9.17) is 17.3 Å². The minimum atomic E-state index is -0.989. The van der Waals surface area contributed by atoms with Crippen molar-refractivity contribution < 1.29 is 19.2 Å². The summed E-state index contributed by atoms with van der Waals surface area (Å²) in [6.45, 7) is 0. The second-order valence-electron chi connectivity index (χ2n) is 10.3. The number of piperidine rings is 1. The molecule has 35 heavy (non-hydrogen) atoms. The summed E-state index contributed by atoms with van der Waals surface area (Å²) in [6.07, 6.45) is 6.12. The van der Waals surface area contributed by atoms with Crippen LogP contribution in [0.5, 0.6) is 0 Å². The van der Waals surface area contributed by atoms with Gasteiger partial charge < -0.3 is 26.7 Å². The van der Waals surface area contributed by atoms with Crippen LogP contribution in [0, 0.1) is 11.8 Å². The number of nitrogens with one attached hydrogen (secondary N) is 4. The lowest BCUT2D eigenvalue weighted by molar-refractivity contribution is -0.132. The Labute approximate surface area is 207 Å². The van der Waals surface area contributed by atoms with Crippen LogP contribution in [0.1, 0.15) is 61.9 Å². The molecule has 4 amide bonds. The molecule has 6 N–H and O–H groups in total. The van der Waals surface area contributed by atoms with Crippen molar-refractivity contribution in [3.8, 4) is 0 Å². The Kier molecular flexibility index (Phi) is 6.21. The Balaban J connectivity index is 1.25. The van der Waals surface area contributed by atoms with Gasteiger partial charge in [-0.15, -0.1) is 0 Å². The number of H-pyrrole nitrogens is 1. The molecular formula is C25H30ClN5O4. The highest BCUT2D eigenvalue weighted by Gasteiger charge is 2.48. The first-order valence-electron chi connectivity index (χ1n) is 12.2. The maximum Gasteiger partial charge on any atom is 0.268 e. The minimum Gasteiger partial charge on any atom is -0.368 e. The van der Waals surface area contributed by atoms with Gasteiger partial charge in [0, 0.05) is 16.8 Å². The molecule has 10 heteroatoms. The van der Waals surface area contributed by atoms with E-state index in [-0.39, 0.29) is 23.8 Å². The van der Waals surface area contributed by atoms with E-state index < -0.39 is 29.8 Å². The van der Waals surface area contributed by atoms with Gasteiger partial charge in [-0.05, 0) is 56.6 Å². The average Bonchev–Trinajstić information content (AvgIpc) is 3.73. The number of hydrogen-bond donors (Lipinski definition) is 5. The molecule has 2 aliphatic carbocycles. The lowest BCUT2D eigenvalue weighted by Crippen LogP contribution is -2.55. The third-order valence-electron chi connectivity index (χ3n) is 7.50. The smallest absolute Gasteiger partial charge is 0.268 e. The Bertz CT molecular complexity index is 1190. The molecule has 2 saturated carbocycles. The van der Waals surface area contributed by atoms with Gasteiger partial charge in [0.25, 0.3) is 5.91 Å². The molecule has 3 aliphatic rings. The third kappa shape index (κ3) is 5.29. The van der Waals surface area contributed by atoms with E-state index in [0.717, 1.165) is 37.5 Å². The highest BCUT2D eigenvalue weighted by atomic mass is 35.5. The Morgan fingerprint density at radius 3 is 2.49 bits per heavy atom. The molecule has 2 aromatic rings. The van der Waals surface area contributed by atoms with Crippen molar-refractivity contribution in [2.45, 2.75) is 69.0 Å². The van der Waals surface area contributed by atoms with Gasteiger partial charge in [-0.2, -0.15) is 0 Å². The molecule has 9 nitrogen and oxygen atoms in total. The maximum absolute atomic E-state index is 13.2. The van der Waals surface area contributed by atoms with Crippen LogP contribution >= 0.6 is 11.6 Å². The van der Waals surface area contributed by atoms with E-state index in [0.29, 0.717) is 35.0 Å². The maximum atomic E-state index is 13.2. The SMILES string of the molecule is NC(=O)C(CC1CCC2(CC2)NC1=O)NC(=O)C(CC1CC1)NC(=O)c1cc2cccc(Cl)c2[nH]1. The number of halogens is 1. The predicted molar refractivity (Wildman–Crippen MR) is 130 cm³/mol. The molecule has 0 radical (unpaired) electrons. The van der Waals surface area contributed by atoms with E-state index in [1.54, 1.807) is 18.2 Å². The normalized spacial score (nSPS) is 22.3. The zero-order chi connectivity index (χ0) is 24.7. The number of benzene rings is 1. The highest BCUT2D eigenvalue weighted by Crippen LogP contribution is 2.44. The topological polar surface area (TPSA) is 146 Å². The number of hydrogen-bond acceptors (Lipinski definition) is 4. The Morgan fingerprint density at radius 2 is 1.86 bits per heavy atom. The molecule has 1 spiro atoms. The van der Waals surface area contributed by atoms with Gasteiger partial charge in [0.2, 0.25) is 17.7 Å². The second-order valence-corrected chi connectivity index (χ2v) is 10.7. The molecule has 0 bridgehead atoms. The number of carbonyl (C=O) groups is 4. The number of aromatic nitrogens is 1. The number of rotatable bonds is 9. The van der Waals surface area contributed by atoms with Crippen molar-refractivity contribution in [1.82, 2.24) is 20.9 Å². The molecule has 1 aromatic carbocycles. The molecule has 1 aliphatic heterocycles. The van der Waals surface area contributed by atoms with Gasteiger partial charge in [-0.1, -0.05) is 36.6 Å². The summed E-state index contributed by atoms with van der Waals surface area (Å²) in [7, 11) is 0. The summed E-state index contributed by atoms with van der Waals surface area (Å²) in [6, 6.07) is 5.23. The fourth-order valence-electron chi connectivity index (χ4n) is 4.96. The van der Waals surface area contributed by atoms with Crippen LogP contribution in [-0.4, -0.2) is 46.2 Å². The van der Waals surface area contributed by atoms with E-state index in [1.165, 1.54) is 0 Å². The van der Waals surface area contributed by atoms with Crippen LogP contribution in [0.25, 0.3) is 10.9 Å². The third-order valence-corrected chi connectivity index (χ3v) is 7.82. The van der Waals surface area contributed by atoms with Gasteiger partial charge in [0.1, 0.15) is 17.8 Å². The molecule has 5 rings (SSSR count). The second kappa shape index (κ2) is 9.18. The number of nitrogens with two attached hydrogens (primary N) is 1. The number of carbonyl (C=O) groups excluding carboxylic acids is 4. The van der Waals surface area contributed by atoms with Crippen LogP contribution < -0.4 is 21.7 Å². The Hall–Kier alpha value is -3.07. The van der Waals surface area contributed by atoms with Crippen molar-refractivity contribution in [1.29, 1.82) is 0 Å². The first kappa shape index (κ1) is 23.7. The molecule has 2 heterocycles. The van der Waals surface area contributed by atoms with E-state index in [1.807, 2.05) is 6.07 Å². The van der Waals surface area contributed by atoms with Gasteiger partial charge in [-0.25, -0.2) is 0 Å².